The highest BCUT2D eigenvalue weighted by atomic mass is 15.0. The minimum absolute atomic E-state index is 0.234. The molecule has 0 aromatic carbocycles. The van der Waals surface area contributed by atoms with Gasteiger partial charge < -0.3 is 9.88 Å². The number of nitrogens with zero attached hydrogens (tertiary/aromatic N) is 2. The molecule has 1 atom stereocenters. The number of hydrogen-bond donors (Lipinski definition) is 1. The molecule has 0 aliphatic heterocycles. The second-order valence-electron chi connectivity index (χ2n) is 3.59. The largest absolute Gasteiger partial charge is 0.337 e. The van der Waals surface area contributed by atoms with Crippen molar-refractivity contribution in [3.63, 3.8) is 0 Å². The zero-order valence-corrected chi connectivity index (χ0v) is 9.32. The molecule has 15 heavy (non-hydrogen) atoms. The number of hydrogen-bond acceptors (Lipinski definition) is 2. The Kier molecular flexibility index (Phi) is 5.57. The summed E-state index contributed by atoms with van der Waals surface area (Å²) in [7, 11) is 0. The van der Waals surface area contributed by atoms with Gasteiger partial charge in [-0.2, -0.15) is 0 Å². The van der Waals surface area contributed by atoms with Gasteiger partial charge in [0.2, 0.25) is 0 Å². The summed E-state index contributed by atoms with van der Waals surface area (Å²) in [5, 5.41) is 3.34. The van der Waals surface area contributed by atoms with Crippen molar-refractivity contribution in [1.29, 1.82) is 0 Å². The quantitative estimate of drug-likeness (QED) is 0.542. The van der Waals surface area contributed by atoms with Crippen LogP contribution in [0.15, 0.2) is 18.7 Å². The molecule has 82 valence electrons. The van der Waals surface area contributed by atoms with Crippen molar-refractivity contribution < 1.29 is 0 Å². The van der Waals surface area contributed by atoms with Crippen molar-refractivity contribution in [1.82, 2.24) is 14.9 Å². The molecule has 0 spiro atoms. The van der Waals surface area contributed by atoms with Crippen LogP contribution in [-0.2, 0) is 6.54 Å². The lowest BCUT2D eigenvalue weighted by Gasteiger charge is -2.10. The van der Waals surface area contributed by atoms with E-state index in [-0.39, 0.29) is 6.04 Å². The van der Waals surface area contributed by atoms with Gasteiger partial charge in [0.25, 0.3) is 0 Å². The molecule has 0 radical (unpaired) electrons. The summed E-state index contributed by atoms with van der Waals surface area (Å²) in [6.07, 6.45) is 14.3. The molecule has 1 aromatic rings. The van der Waals surface area contributed by atoms with Crippen molar-refractivity contribution in [2.75, 3.05) is 6.54 Å². The number of nitrogens with one attached hydrogen (secondary N) is 1. The van der Waals surface area contributed by atoms with Crippen LogP contribution in [-0.4, -0.2) is 22.1 Å². The van der Waals surface area contributed by atoms with Crippen LogP contribution in [0.25, 0.3) is 0 Å². The maximum Gasteiger partial charge on any atom is 0.0945 e. The summed E-state index contributed by atoms with van der Waals surface area (Å²) < 4.78 is 2.10. The predicted octanol–water partition coefficient (Wildman–Crippen LogP) is 1.66. The minimum atomic E-state index is 0.234. The van der Waals surface area contributed by atoms with Gasteiger partial charge in [-0.3, -0.25) is 0 Å². The third-order valence-corrected chi connectivity index (χ3v) is 2.40. The smallest absolute Gasteiger partial charge is 0.0945 e. The van der Waals surface area contributed by atoms with Crippen molar-refractivity contribution in [3.05, 3.63) is 18.7 Å². The van der Waals surface area contributed by atoms with E-state index in [9.17, 15) is 0 Å². The highest BCUT2D eigenvalue weighted by molar-refractivity contribution is 4.97. The molecule has 0 aliphatic rings. The lowest BCUT2D eigenvalue weighted by atomic mass is 10.2. The van der Waals surface area contributed by atoms with E-state index in [1.807, 2.05) is 18.7 Å². The molecule has 1 rings (SSSR count). The third kappa shape index (κ3) is 4.66. The lowest BCUT2D eigenvalue weighted by Crippen LogP contribution is -2.27. The normalized spacial score (nSPS) is 12.3. The van der Waals surface area contributed by atoms with E-state index in [0.717, 1.165) is 32.4 Å². The van der Waals surface area contributed by atoms with E-state index in [2.05, 4.69) is 27.7 Å². The number of aryl methyl sites for hydroxylation is 1. The van der Waals surface area contributed by atoms with Gasteiger partial charge in [-0.1, -0.05) is 12.8 Å². The molecule has 0 saturated carbocycles. The highest BCUT2D eigenvalue weighted by Crippen LogP contribution is 1.95. The molecular formula is C12H19N3. The number of terminal acetylenes is 1. The first-order valence-corrected chi connectivity index (χ1v) is 5.52. The van der Waals surface area contributed by atoms with Gasteiger partial charge in [-0.05, 0) is 25.8 Å². The summed E-state index contributed by atoms with van der Waals surface area (Å²) >= 11 is 0. The van der Waals surface area contributed by atoms with Crippen LogP contribution < -0.4 is 5.32 Å². The molecule has 3 heteroatoms. The van der Waals surface area contributed by atoms with E-state index in [4.69, 9.17) is 6.42 Å². The fraction of sp³-hybridized carbons (Fsp3) is 0.583. The average Bonchev–Trinajstić information content (AvgIpc) is 2.76. The Morgan fingerprint density at radius 1 is 1.53 bits per heavy atom. The highest BCUT2D eigenvalue weighted by Gasteiger charge is 1.98. The molecule has 0 bridgehead atoms. The Labute approximate surface area is 91.9 Å². The van der Waals surface area contributed by atoms with Gasteiger partial charge in [-0.25, -0.2) is 4.98 Å². The second-order valence-corrected chi connectivity index (χ2v) is 3.59. The Morgan fingerprint density at radius 2 is 2.40 bits per heavy atom. The SMILES string of the molecule is C#CC(CC)NCCCCn1ccnc1. The van der Waals surface area contributed by atoms with Crippen molar-refractivity contribution in [2.45, 2.75) is 38.8 Å². The topological polar surface area (TPSA) is 29.9 Å². The fourth-order valence-corrected chi connectivity index (χ4v) is 1.44. The maximum atomic E-state index is 5.35. The molecule has 0 aliphatic carbocycles. The van der Waals surface area contributed by atoms with Crippen molar-refractivity contribution >= 4 is 0 Å². The number of rotatable bonds is 7. The molecule has 0 fully saturated rings. The standard InChI is InChI=1S/C12H19N3/c1-3-12(4-2)14-7-5-6-9-15-10-8-13-11-15/h1,8,10-12,14H,4-7,9H2,2H3. The zero-order chi connectivity index (χ0) is 10.9. The summed E-state index contributed by atoms with van der Waals surface area (Å²) in [5.74, 6) is 2.73. The van der Waals surface area contributed by atoms with Gasteiger partial charge in [-0.15, -0.1) is 6.42 Å². The molecule has 1 unspecified atom stereocenters. The number of imidazole rings is 1. The van der Waals surface area contributed by atoms with Crippen molar-refractivity contribution in [2.24, 2.45) is 0 Å². The van der Waals surface area contributed by atoms with E-state index >= 15 is 0 Å². The van der Waals surface area contributed by atoms with Crippen LogP contribution in [0, 0.1) is 12.3 Å². The maximum absolute atomic E-state index is 5.35. The summed E-state index contributed by atoms with van der Waals surface area (Å²) in [6.45, 7) is 4.13. The van der Waals surface area contributed by atoms with E-state index in [1.165, 1.54) is 0 Å². The Bertz CT molecular complexity index is 284. The molecule has 1 N–H and O–H groups in total. The Hall–Kier alpha value is -1.27. The van der Waals surface area contributed by atoms with Crippen molar-refractivity contribution in [3.8, 4) is 12.3 Å². The van der Waals surface area contributed by atoms with Crippen LogP contribution in [0.1, 0.15) is 26.2 Å². The van der Waals surface area contributed by atoms with Crippen LogP contribution in [0.3, 0.4) is 0 Å². The van der Waals surface area contributed by atoms with E-state index < -0.39 is 0 Å². The van der Waals surface area contributed by atoms with Crippen LogP contribution in [0.4, 0.5) is 0 Å². The summed E-state index contributed by atoms with van der Waals surface area (Å²) in [5.41, 5.74) is 0. The van der Waals surface area contributed by atoms with Gasteiger partial charge in [0.1, 0.15) is 0 Å². The average molecular weight is 205 g/mol. The Morgan fingerprint density at radius 3 is 3.00 bits per heavy atom. The van der Waals surface area contributed by atoms with E-state index in [0.29, 0.717) is 0 Å². The summed E-state index contributed by atoms with van der Waals surface area (Å²) in [4.78, 5) is 4.00. The molecule has 1 heterocycles. The van der Waals surface area contributed by atoms with Gasteiger partial charge in [0, 0.05) is 18.9 Å². The molecule has 0 amide bonds. The predicted molar refractivity (Wildman–Crippen MR) is 62.4 cm³/mol. The van der Waals surface area contributed by atoms with Crippen LogP contribution in [0.5, 0.6) is 0 Å². The van der Waals surface area contributed by atoms with Gasteiger partial charge in [0.15, 0.2) is 0 Å². The molecule has 1 aromatic heterocycles. The third-order valence-electron chi connectivity index (χ3n) is 2.40. The monoisotopic (exact) mass is 205 g/mol. The lowest BCUT2D eigenvalue weighted by molar-refractivity contribution is 0.535. The molecule has 0 saturated heterocycles. The number of aromatic nitrogens is 2. The van der Waals surface area contributed by atoms with Crippen LogP contribution >= 0.6 is 0 Å². The second kappa shape index (κ2) is 7.08. The first kappa shape index (κ1) is 11.8. The number of unbranched alkanes of at least 4 members (excludes halogenated alkanes) is 1. The first-order valence-electron chi connectivity index (χ1n) is 5.52. The Balaban J connectivity index is 2.00. The van der Waals surface area contributed by atoms with Gasteiger partial charge in [0.05, 0.1) is 12.4 Å². The fourth-order valence-electron chi connectivity index (χ4n) is 1.44. The first-order chi connectivity index (χ1) is 7.36. The minimum Gasteiger partial charge on any atom is -0.337 e. The van der Waals surface area contributed by atoms with Crippen LogP contribution in [0.2, 0.25) is 0 Å². The van der Waals surface area contributed by atoms with Gasteiger partial charge >= 0.3 is 0 Å². The zero-order valence-electron chi connectivity index (χ0n) is 9.32. The van der Waals surface area contributed by atoms with E-state index in [1.54, 1.807) is 0 Å². The molecular weight excluding hydrogens is 186 g/mol. The summed E-state index contributed by atoms with van der Waals surface area (Å²) in [6, 6.07) is 0.234. The molecule has 3 nitrogen and oxygen atoms in total.